The molecule has 0 unspecified atom stereocenters. The summed E-state index contributed by atoms with van der Waals surface area (Å²) in [6.45, 7) is 0. The molecule has 7 nitrogen and oxygen atoms in total. The molecular formula is C8H10N2O5. The number of carbonyl (C=O) groups is 2. The Hall–Kier alpha value is -2.18. The molecule has 0 fully saturated rings. The van der Waals surface area contributed by atoms with Gasteiger partial charge in [0, 0.05) is 12.3 Å². The molecule has 0 bridgehead atoms. The zero-order valence-corrected chi connectivity index (χ0v) is 7.71. The van der Waals surface area contributed by atoms with E-state index in [1.165, 1.54) is 18.6 Å². The number of hydrogen-bond acceptors (Lipinski definition) is 4. The van der Waals surface area contributed by atoms with Gasteiger partial charge in [0.15, 0.2) is 0 Å². The Bertz CT molecular complexity index is 342. The number of nitrogens with one attached hydrogen (secondary N) is 1. The SMILES string of the molecule is O=C(O)CCC(=O)O.O=c1ccnc[nH]1. The first-order chi connectivity index (χ1) is 7.02. The highest BCUT2D eigenvalue weighted by Crippen LogP contribution is 1.86. The van der Waals surface area contributed by atoms with E-state index < -0.39 is 11.9 Å². The molecule has 0 atom stereocenters. The molecule has 1 heterocycles. The predicted octanol–water partition coefficient (Wildman–Crippen LogP) is -0.294. The van der Waals surface area contributed by atoms with Crippen molar-refractivity contribution in [1.29, 1.82) is 0 Å². The van der Waals surface area contributed by atoms with E-state index in [0.717, 1.165) is 0 Å². The van der Waals surface area contributed by atoms with Crippen LogP contribution in [0.15, 0.2) is 23.4 Å². The fourth-order valence-corrected chi connectivity index (χ4v) is 0.517. The van der Waals surface area contributed by atoms with Gasteiger partial charge in [0.25, 0.3) is 5.56 Å². The fourth-order valence-electron chi connectivity index (χ4n) is 0.517. The molecule has 0 aromatic carbocycles. The molecule has 0 amide bonds. The average Bonchev–Trinajstić information content (AvgIpc) is 2.17. The summed E-state index contributed by atoms with van der Waals surface area (Å²) >= 11 is 0. The number of aliphatic carboxylic acids is 2. The number of rotatable bonds is 3. The van der Waals surface area contributed by atoms with Gasteiger partial charge in [-0.3, -0.25) is 14.4 Å². The number of aromatic nitrogens is 2. The van der Waals surface area contributed by atoms with Crippen molar-refractivity contribution >= 4 is 11.9 Å². The first-order valence-electron chi connectivity index (χ1n) is 3.94. The standard InChI is InChI=1S/C4H4N2O.C4H6O4/c7-4-1-2-5-3-6-4;5-3(6)1-2-4(7)8/h1-3H,(H,5,6,7);1-2H2,(H,5,6)(H,7,8). The largest absolute Gasteiger partial charge is 0.481 e. The van der Waals surface area contributed by atoms with Crippen LogP contribution in [0, 0.1) is 0 Å². The van der Waals surface area contributed by atoms with E-state index in [1.807, 2.05) is 0 Å². The molecule has 1 rings (SSSR count). The minimum Gasteiger partial charge on any atom is -0.481 e. The fraction of sp³-hybridized carbons (Fsp3) is 0.250. The van der Waals surface area contributed by atoms with Crippen molar-refractivity contribution in [1.82, 2.24) is 9.97 Å². The number of aromatic amines is 1. The molecule has 0 aliphatic rings. The summed E-state index contributed by atoms with van der Waals surface area (Å²) < 4.78 is 0. The van der Waals surface area contributed by atoms with Crippen molar-refractivity contribution < 1.29 is 19.8 Å². The van der Waals surface area contributed by atoms with E-state index in [2.05, 4.69) is 9.97 Å². The molecule has 15 heavy (non-hydrogen) atoms. The Kier molecular flexibility index (Phi) is 6.19. The van der Waals surface area contributed by atoms with Gasteiger partial charge in [-0.05, 0) is 0 Å². The average molecular weight is 214 g/mol. The highest BCUT2D eigenvalue weighted by Gasteiger charge is 2.00. The van der Waals surface area contributed by atoms with Crippen LogP contribution >= 0.6 is 0 Å². The Morgan fingerprint density at radius 1 is 1.27 bits per heavy atom. The van der Waals surface area contributed by atoms with Crippen molar-refractivity contribution in [2.75, 3.05) is 0 Å². The number of nitrogens with zero attached hydrogens (tertiary/aromatic N) is 1. The Labute approximate surface area is 84.4 Å². The normalized spacial score (nSPS) is 8.53. The van der Waals surface area contributed by atoms with Gasteiger partial charge in [0.2, 0.25) is 0 Å². The second-order valence-electron chi connectivity index (χ2n) is 2.39. The highest BCUT2D eigenvalue weighted by atomic mass is 16.4. The summed E-state index contributed by atoms with van der Waals surface area (Å²) in [6, 6.07) is 1.36. The molecule has 0 aliphatic heterocycles. The summed E-state index contributed by atoms with van der Waals surface area (Å²) in [5.41, 5.74) is -0.116. The maximum absolute atomic E-state index is 10.2. The quantitative estimate of drug-likeness (QED) is 0.635. The van der Waals surface area contributed by atoms with Crippen molar-refractivity contribution in [3.8, 4) is 0 Å². The van der Waals surface area contributed by atoms with Crippen LogP contribution in [0.4, 0.5) is 0 Å². The third-order valence-corrected chi connectivity index (χ3v) is 1.15. The van der Waals surface area contributed by atoms with E-state index in [1.54, 1.807) is 0 Å². The van der Waals surface area contributed by atoms with E-state index in [4.69, 9.17) is 10.2 Å². The van der Waals surface area contributed by atoms with E-state index in [0.29, 0.717) is 0 Å². The van der Waals surface area contributed by atoms with E-state index >= 15 is 0 Å². The zero-order valence-electron chi connectivity index (χ0n) is 7.71. The van der Waals surface area contributed by atoms with Gasteiger partial charge in [-0.25, -0.2) is 4.98 Å². The summed E-state index contributed by atoms with van der Waals surface area (Å²) in [5.74, 6) is -2.15. The van der Waals surface area contributed by atoms with Crippen LogP contribution in [0.3, 0.4) is 0 Å². The van der Waals surface area contributed by atoms with Gasteiger partial charge in [-0.2, -0.15) is 0 Å². The lowest BCUT2D eigenvalue weighted by Gasteiger charge is -1.85. The number of hydrogen-bond donors (Lipinski definition) is 3. The van der Waals surface area contributed by atoms with Crippen molar-refractivity contribution in [2.24, 2.45) is 0 Å². The third-order valence-electron chi connectivity index (χ3n) is 1.15. The molecule has 0 radical (unpaired) electrons. The summed E-state index contributed by atoms with van der Waals surface area (Å²) in [7, 11) is 0. The highest BCUT2D eigenvalue weighted by molar-refractivity contribution is 5.75. The number of carboxylic acid groups (broad SMARTS) is 2. The summed E-state index contributed by atoms with van der Waals surface area (Å²) in [4.78, 5) is 35.4. The van der Waals surface area contributed by atoms with E-state index in [-0.39, 0.29) is 18.4 Å². The lowest BCUT2D eigenvalue weighted by atomic mass is 10.3. The first-order valence-corrected chi connectivity index (χ1v) is 3.94. The van der Waals surface area contributed by atoms with Crippen LogP contribution in [0.1, 0.15) is 12.8 Å². The molecule has 0 saturated heterocycles. The maximum Gasteiger partial charge on any atom is 0.303 e. The molecule has 1 aromatic heterocycles. The molecule has 0 saturated carbocycles. The molecule has 0 spiro atoms. The minimum absolute atomic E-state index is 0.116. The smallest absolute Gasteiger partial charge is 0.303 e. The second-order valence-corrected chi connectivity index (χ2v) is 2.39. The van der Waals surface area contributed by atoms with Crippen molar-refractivity contribution in [3.63, 3.8) is 0 Å². The summed E-state index contributed by atoms with van der Waals surface area (Å²) in [5, 5.41) is 15.8. The van der Waals surface area contributed by atoms with Gasteiger partial charge in [-0.15, -0.1) is 0 Å². The molecular weight excluding hydrogens is 204 g/mol. The van der Waals surface area contributed by atoms with Crippen molar-refractivity contribution in [2.45, 2.75) is 12.8 Å². The second kappa shape index (κ2) is 7.25. The summed E-state index contributed by atoms with van der Waals surface area (Å²) in [6.07, 6.45) is 2.20. The lowest BCUT2D eigenvalue weighted by Crippen LogP contribution is -2.00. The first kappa shape index (κ1) is 12.8. The number of H-pyrrole nitrogens is 1. The monoisotopic (exact) mass is 214 g/mol. The maximum atomic E-state index is 10.2. The number of carboxylic acids is 2. The molecule has 82 valence electrons. The van der Waals surface area contributed by atoms with Crippen LogP contribution < -0.4 is 5.56 Å². The van der Waals surface area contributed by atoms with E-state index in [9.17, 15) is 14.4 Å². The van der Waals surface area contributed by atoms with Gasteiger partial charge < -0.3 is 15.2 Å². The molecule has 7 heteroatoms. The van der Waals surface area contributed by atoms with Crippen LogP contribution in [-0.4, -0.2) is 32.1 Å². The van der Waals surface area contributed by atoms with Crippen LogP contribution in [0.2, 0.25) is 0 Å². The van der Waals surface area contributed by atoms with Gasteiger partial charge in [0.1, 0.15) is 0 Å². The predicted molar refractivity (Wildman–Crippen MR) is 49.4 cm³/mol. The van der Waals surface area contributed by atoms with Gasteiger partial charge in [0.05, 0.1) is 19.2 Å². The molecule has 0 aliphatic carbocycles. The van der Waals surface area contributed by atoms with Crippen LogP contribution in [0.25, 0.3) is 0 Å². The van der Waals surface area contributed by atoms with Crippen molar-refractivity contribution in [3.05, 3.63) is 28.9 Å². The van der Waals surface area contributed by atoms with Crippen LogP contribution in [-0.2, 0) is 9.59 Å². The molecule has 3 N–H and O–H groups in total. The van der Waals surface area contributed by atoms with Gasteiger partial charge in [-0.1, -0.05) is 0 Å². The van der Waals surface area contributed by atoms with Crippen LogP contribution in [0.5, 0.6) is 0 Å². The Morgan fingerprint density at radius 2 is 1.80 bits per heavy atom. The third kappa shape index (κ3) is 9.74. The minimum atomic E-state index is -1.08. The topological polar surface area (TPSA) is 120 Å². The molecule has 1 aromatic rings. The zero-order chi connectivity index (χ0) is 11.7. The lowest BCUT2D eigenvalue weighted by molar-refractivity contribution is -0.143. The Balaban J connectivity index is 0.000000262. The van der Waals surface area contributed by atoms with Gasteiger partial charge >= 0.3 is 11.9 Å². The Morgan fingerprint density at radius 3 is 2.00 bits per heavy atom.